The highest BCUT2D eigenvalue weighted by Gasteiger charge is 2.17. The summed E-state index contributed by atoms with van der Waals surface area (Å²) >= 11 is 0. The molecule has 0 fully saturated rings. The monoisotopic (exact) mass is 494 g/mol. The van der Waals surface area contributed by atoms with Crippen LogP contribution in [0, 0.1) is 0 Å². The summed E-state index contributed by atoms with van der Waals surface area (Å²) in [7, 11) is 0. The predicted molar refractivity (Wildman–Crippen MR) is 147 cm³/mol. The van der Waals surface area contributed by atoms with Crippen molar-refractivity contribution in [2.24, 2.45) is 5.16 Å². The van der Waals surface area contributed by atoms with Gasteiger partial charge < -0.3 is 20.0 Å². The quantitative estimate of drug-likeness (QED) is 0.138. The van der Waals surface area contributed by atoms with Crippen LogP contribution < -0.4 is 10.1 Å². The molecular formula is C31H30N2O4. The molecule has 0 saturated heterocycles. The van der Waals surface area contributed by atoms with Gasteiger partial charge in [-0.15, -0.1) is 0 Å². The normalized spacial score (nSPS) is 12.0. The SMILES string of the molecule is C/C(=N\OCCOc1ccc(CC(Nc2ccccc2)C(=O)O)cc1)c1ccc(-c2ccccc2)cc1. The molecule has 6 heteroatoms. The molecule has 0 heterocycles. The van der Waals surface area contributed by atoms with Gasteiger partial charge in [-0.3, -0.25) is 0 Å². The molecule has 0 spiro atoms. The number of rotatable bonds is 12. The molecule has 0 bridgehead atoms. The van der Waals surface area contributed by atoms with Crippen LogP contribution in [-0.2, 0) is 16.1 Å². The molecule has 1 atom stereocenters. The summed E-state index contributed by atoms with van der Waals surface area (Å²) in [5, 5.41) is 16.8. The first kappa shape index (κ1) is 25.5. The van der Waals surface area contributed by atoms with Crippen molar-refractivity contribution in [1.29, 1.82) is 0 Å². The number of anilines is 1. The number of hydrogen-bond acceptors (Lipinski definition) is 5. The van der Waals surface area contributed by atoms with E-state index in [0.29, 0.717) is 25.4 Å². The van der Waals surface area contributed by atoms with Crippen molar-refractivity contribution in [2.45, 2.75) is 19.4 Å². The number of carboxylic acid groups (broad SMARTS) is 1. The lowest BCUT2D eigenvalue weighted by molar-refractivity contribution is -0.137. The first-order valence-corrected chi connectivity index (χ1v) is 12.2. The molecule has 1 unspecified atom stereocenters. The van der Waals surface area contributed by atoms with Crippen molar-refractivity contribution < 1.29 is 19.5 Å². The maximum Gasteiger partial charge on any atom is 0.326 e. The van der Waals surface area contributed by atoms with E-state index in [2.05, 4.69) is 34.7 Å². The lowest BCUT2D eigenvalue weighted by Crippen LogP contribution is -2.31. The van der Waals surface area contributed by atoms with E-state index in [1.54, 1.807) is 0 Å². The van der Waals surface area contributed by atoms with Crippen LogP contribution in [0.4, 0.5) is 5.69 Å². The van der Waals surface area contributed by atoms with E-state index in [1.165, 1.54) is 5.56 Å². The Balaban J connectivity index is 1.21. The van der Waals surface area contributed by atoms with Gasteiger partial charge in [-0.25, -0.2) is 4.79 Å². The Bertz CT molecular complexity index is 1290. The van der Waals surface area contributed by atoms with E-state index in [1.807, 2.05) is 91.9 Å². The number of hydrogen-bond donors (Lipinski definition) is 2. The zero-order valence-electron chi connectivity index (χ0n) is 20.7. The number of oxime groups is 1. The molecule has 0 saturated carbocycles. The molecule has 2 N–H and O–H groups in total. The Morgan fingerprint density at radius 1 is 0.811 bits per heavy atom. The van der Waals surface area contributed by atoms with Crippen LogP contribution in [0.2, 0.25) is 0 Å². The molecule has 4 rings (SSSR count). The third-order valence-electron chi connectivity index (χ3n) is 5.83. The number of benzene rings is 4. The zero-order valence-corrected chi connectivity index (χ0v) is 20.7. The smallest absolute Gasteiger partial charge is 0.326 e. The van der Waals surface area contributed by atoms with Gasteiger partial charge in [0, 0.05) is 12.1 Å². The lowest BCUT2D eigenvalue weighted by Gasteiger charge is -2.16. The number of nitrogens with zero attached hydrogens (tertiary/aromatic N) is 1. The van der Waals surface area contributed by atoms with E-state index in [9.17, 15) is 9.90 Å². The number of carboxylic acids is 1. The van der Waals surface area contributed by atoms with Crippen molar-refractivity contribution in [3.8, 4) is 16.9 Å². The Morgan fingerprint density at radius 2 is 1.43 bits per heavy atom. The van der Waals surface area contributed by atoms with E-state index < -0.39 is 12.0 Å². The van der Waals surface area contributed by atoms with Crippen LogP contribution in [0.3, 0.4) is 0 Å². The van der Waals surface area contributed by atoms with Crippen molar-refractivity contribution in [3.05, 3.63) is 120 Å². The third kappa shape index (κ3) is 7.70. The molecule has 0 radical (unpaired) electrons. The molecule has 0 aromatic heterocycles. The molecule has 0 aliphatic rings. The van der Waals surface area contributed by atoms with Crippen LogP contribution in [0.1, 0.15) is 18.1 Å². The molecule has 37 heavy (non-hydrogen) atoms. The number of para-hydroxylation sites is 1. The van der Waals surface area contributed by atoms with Gasteiger partial charge in [0.15, 0.2) is 6.61 Å². The van der Waals surface area contributed by atoms with Gasteiger partial charge in [-0.05, 0) is 53.4 Å². The second-order valence-electron chi connectivity index (χ2n) is 8.55. The van der Waals surface area contributed by atoms with Gasteiger partial charge >= 0.3 is 5.97 Å². The molecular weight excluding hydrogens is 464 g/mol. The average molecular weight is 495 g/mol. The molecule has 0 aliphatic carbocycles. The van der Waals surface area contributed by atoms with Gasteiger partial charge in [0.2, 0.25) is 0 Å². The fourth-order valence-electron chi connectivity index (χ4n) is 3.82. The van der Waals surface area contributed by atoms with E-state index in [-0.39, 0.29) is 0 Å². The minimum Gasteiger partial charge on any atom is -0.490 e. The maximum atomic E-state index is 11.7. The minimum absolute atomic E-state index is 0.309. The first-order valence-electron chi connectivity index (χ1n) is 12.2. The van der Waals surface area contributed by atoms with Crippen molar-refractivity contribution in [2.75, 3.05) is 18.5 Å². The summed E-state index contributed by atoms with van der Waals surface area (Å²) in [4.78, 5) is 17.1. The van der Waals surface area contributed by atoms with Crippen LogP contribution in [0.25, 0.3) is 11.1 Å². The summed E-state index contributed by atoms with van der Waals surface area (Å²) in [6, 6.07) is 34.5. The first-order chi connectivity index (χ1) is 18.1. The maximum absolute atomic E-state index is 11.7. The number of nitrogens with one attached hydrogen (secondary N) is 1. The molecule has 188 valence electrons. The average Bonchev–Trinajstić information content (AvgIpc) is 2.94. The molecule has 4 aromatic carbocycles. The Hall–Kier alpha value is -4.58. The second kappa shape index (κ2) is 12.9. The van der Waals surface area contributed by atoms with E-state index in [4.69, 9.17) is 9.57 Å². The van der Waals surface area contributed by atoms with E-state index >= 15 is 0 Å². The molecule has 6 nitrogen and oxygen atoms in total. The summed E-state index contributed by atoms with van der Waals surface area (Å²) in [5.41, 5.74) is 5.80. The highest BCUT2D eigenvalue weighted by atomic mass is 16.6. The molecule has 4 aromatic rings. The van der Waals surface area contributed by atoms with Crippen LogP contribution in [-0.4, -0.2) is 36.0 Å². The zero-order chi connectivity index (χ0) is 25.9. The topological polar surface area (TPSA) is 80.2 Å². The van der Waals surface area contributed by atoms with E-state index in [0.717, 1.165) is 28.1 Å². The highest BCUT2D eigenvalue weighted by Crippen LogP contribution is 2.20. The lowest BCUT2D eigenvalue weighted by atomic mass is 10.0. The Morgan fingerprint density at radius 3 is 2.08 bits per heavy atom. The predicted octanol–water partition coefficient (Wildman–Crippen LogP) is 6.28. The van der Waals surface area contributed by atoms with Crippen LogP contribution in [0.5, 0.6) is 5.75 Å². The van der Waals surface area contributed by atoms with Gasteiger partial charge in [0.1, 0.15) is 18.4 Å². The summed E-state index contributed by atoms with van der Waals surface area (Å²) < 4.78 is 5.74. The highest BCUT2D eigenvalue weighted by molar-refractivity contribution is 5.98. The van der Waals surface area contributed by atoms with Crippen LogP contribution in [0.15, 0.2) is 114 Å². The summed E-state index contributed by atoms with van der Waals surface area (Å²) in [5.74, 6) is -0.211. The van der Waals surface area contributed by atoms with Crippen molar-refractivity contribution in [3.63, 3.8) is 0 Å². The largest absolute Gasteiger partial charge is 0.490 e. The summed E-state index contributed by atoms with van der Waals surface area (Å²) in [6.45, 7) is 2.56. The standard InChI is InChI=1S/C31H30N2O4/c1-23(25-14-16-27(17-15-25)26-8-4-2-5-9-26)33-37-21-20-36-29-18-12-24(13-19-29)22-30(31(34)35)32-28-10-6-3-7-11-28/h2-19,30,32H,20-22H2,1H3,(H,34,35)/b33-23+. The second-order valence-corrected chi connectivity index (χ2v) is 8.55. The Labute approximate surface area is 217 Å². The van der Waals surface area contributed by atoms with Gasteiger partial charge in [-0.2, -0.15) is 0 Å². The van der Waals surface area contributed by atoms with Crippen LogP contribution >= 0.6 is 0 Å². The number of ether oxygens (including phenoxy) is 1. The number of aliphatic carboxylic acids is 1. The number of carbonyl (C=O) groups is 1. The molecule has 0 aliphatic heterocycles. The fraction of sp³-hybridized carbons (Fsp3) is 0.161. The third-order valence-corrected chi connectivity index (χ3v) is 5.83. The Kier molecular flexibility index (Phi) is 8.92. The van der Waals surface area contributed by atoms with Gasteiger partial charge in [0.05, 0.1) is 5.71 Å². The van der Waals surface area contributed by atoms with Gasteiger partial charge in [0.25, 0.3) is 0 Å². The van der Waals surface area contributed by atoms with Crippen molar-refractivity contribution >= 4 is 17.4 Å². The fourth-order valence-corrected chi connectivity index (χ4v) is 3.82. The van der Waals surface area contributed by atoms with Gasteiger partial charge in [-0.1, -0.05) is 90.1 Å². The molecule has 0 amide bonds. The summed E-state index contributed by atoms with van der Waals surface area (Å²) in [6.07, 6.45) is 0.355. The van der Waals surface area contributed by atoms with Crippen molar-refractivity contribution in [1.82, 2.24) is 0 Å². The minimum atomic E-state index is -0.899.